The van der Waals surface area contributed by atoms with Gasteiger partial charge in [-0.2, -0.15) is 0 Å². The van der Waals surface area contributed by atoms with Gasteiger partial charge in [-0.1, -0.05) is 53.5 Å². The third kappa shape index (κ3) is 4.40. The van der Waals surface area contributed by atoms with Crippen LogP contribution >= 0.6 is 23.2 Å². The van der Waals surface area contributed by atoms with Crippen LogP contribution in [0.25, 0.3) is 0 Å². The SMILES string of the molecule is CC(C)Oc1ccc(C2CC(=O)C3=C(C2)Nc2ccccc2NC3c2c(Cl)cccc2Cl)cc1. The van der Waals surface area contributed by atoms with Gasteiger partial charge in [0.2, 0.25) is 0 Å². The first-order chi connectivity index (χ1) is 16.4. The van der Waals surface area contributed by atoms with E-state index in [-0.39, 0.29) is 17.8 Å². The van der Waals surface area contributed by atoms with Gasteiger partial charge in [0, 0.05) is 33.3 Å². The highest BCUT2D eigenvalue weighted by Crippen LogP contribution is 2.46. The van der Waals surface area contributed by atoms with Gasteiger partial charge >= 0.3 is 0 Å². The number of nitrogens with one attached hydrogen (secondary N) is 2. The van der Waals surface area contributed by atoms with Gasteiger partial charge < -0.3 is 15.4 Å². The fraction of sp³-hybridized carbons (Fsp3) is 0.250. The minimum atomic E-state index is -0.442. The summed E-state index contributed by atoms with van der Waals surface area (Å²) in [5.74, 6) is 0.988. The molecule has 1 heterocycles. The Bertz CT molecular complexity index is 1250. The molecule has 34 heavy (non-hydrogen) atoms. The maximum Gasteiger partial charge on any atom is 0.163 e. The van der Waals surface area contributed by atoms with Crippen LogP contribution in [0.3, 0.4) is 0 Å². The van der Waals surface area contributed by atoms with Crippen molar-refractivity contribution in [1.82, 2.24) is 0 Å². The summed E-state index contributed by atoms with van der Waals surface area (Å²) < 4.78 is 5.78. The highest BCUT2D eigenvalue weighted by molar-refractivity contribution is 6.36. The van der Waals surface area contributed by atoms with Crippen molar-refractivity contribution in [2.75, 3.05) is 10.6 Å². The lowest BCUT2D eigenvalue weighted by molar-refractivity contribution is -0.116. The number of halogens is 2. The number of para-hydroxylation sites is 2. The van der Waals surface area contributed by atoms with Crippen LogP contribution in [0.4, 0.5) is 11.4 Å². The van der Waals surface area contributed by atoms with Gasteiger partial charge in [-0.15, -0.1) is 0 Å². The van der Waals surface area contributed by atoms with Crippen LogP contribution in [0.2, 0.25) is 10.0 Å². The molecule has 0 amide bonds. The van der Waals surface area contributed by atoms with Crippen molar-refractivity contribution < 1.29 is 9.53 Å². The average Bonchev–Trinajstić information content (AvgIpc) is 2.96. The van der Waals surface area contributed by atoms with Crippen molar-refractivity contribution in [3.05, 3.63) is 99.2 Å². The van der Waals surface area contributed by atoms with E-state index in [0.717, 1.165) is 33.9 Å². The molecule has 1 aliphatic carbocycles. The molecule has 3 aromatic carbocycles. The molecule has 3 aromatic rings. The van der Waals surface area contributed by atoms with E-state index < -0.39 is 6.04 Å². The van der Waals surface area contributed by atoms with Crippen LogP contribution < -0.4 is 15.4 Å². The monoisotopic (exact) mass is 492 g/mol. The van der Waals surface area contributed by atoms with Gasteiger partial charge in [-0.3, -0.25) is 4.79 Å². The van der Waals surface area contributed by atoms with E-state index in [1.807, 2.05) is 68.4 Å². The molecule has 2 atom stereocenters. The summed E-state index contributed by atoms with van der Waals surface area (Å²) in [6.45, 7) is 4.01. The Hall–Kier alpha value is -2.95. The number of benzene rings is 3. The Labute approximate surface area is 209 Å². The van der Waals surface area contributed by atoms with Crippen molar-refractivity contribution in [3.8, 4) is 5.75 Å². The number of carbonyl (C=O) groups is 1. The van der Waals surface area contributed by atoms with Crippen molar-refractivity contribution in [1.29, 1.82) is 0 Å². The van der Waals surface area contributed by atoms with Crippen molar-refractivity contribution in [3.63, 3.8) is 0 Å². The number of carbonyl (C=O) groups excluding carboxylic acids is 1. The van der Waals surface area contributed by atoms with Crippen molar-refractivity contribution in [2.24, 2.45) is 0 Å². The first-order valence-electron chi connectivity index (χ1n) is 11.5. The third-order valence-electron chi connectivity index (χ3n) is 6.32. The third-order valence-corrected chi connectivity index (χ3v) is 6.98. The maximum absolute atomic E-state index is 13.7. The molecule has 2 N–H and O–H groups in total. The van der Waals surface area contributed by atoms with Gasteiger partial charge in [0.1, 0.15) is 5.75 Å². The zero-order chi connectivity index (χ0) is 23.8. The molecular weight excluding hydrogens is 467 g/mol. The lowest BCUT2D eigenvalue weighted by atomic mass is 9.78. The van der Waals surface area contributed by atoms with E-state index >= 15 is 0 Å². The van der Waals surface area contributed by atoms with E-state index in [2.05, 4.69) is 22.8 Å². The zero-order valence-corrected chi connectivity index (χ0v) is 20.6. The predicted molar refractivity (Wildman–Crippen MR) is 139 cm³/mol. The van der Waals surface area contributed by atoms with Crippen molar-refractivity contribution >= 4 is 40.4 Å². The van der Waals surface area contributed by atoms with Crippen LogP contribution in [-0.4, -0.2) is 11.9 Å². The Morgan fingerprint density at radius 1 is 0.882 bits per heavy atom. The van der Waals surface area contributed by atoms with E-state index in [9.17, 15) is 4.79 Å². The minimum absolute atomic E-state index is 0.0690. The summed E-state index contributed by atoms with van der Waals surface area (Å²) in [4.78, 5) is 13.7. The number of ether oxygens (including phenoxy) is 1. The fourth-order valence-corrected chi connectivity index (χ4v) is 5.44. The lowest BCUT2D eigenvalue weighted by Gasteiger charge is -2.30. The van der Waals surface area contributed by atoms with Gasteiger partial charge in [0.15, 0.2) is 5.78 Å². The number of fused-ring (bicyclic) bond motifs is 1. The number of hydrogen-bond acceptors (Lipinski definition) is 4. The number of ketones is 1. The Kier molecular flexibility index (Phi) is 6.28. The van der Waals surface area contributed by atoms with Gasteiger partial charge in [-0.25, -0.2) is 0 Å². The minimum Gasteiger partial charge on any atom is -0.491 e. The molecule has 174 valence electrons. The second kappa shape index (κ2) is 9.36. The van der Waals surface area contributed by atoms with Crippen LogP contribution in [0.15, 0.2) is 78.0 Å². The van der Waals surface area contributed by atoms with Crippen LogP contribution in [0.5, 0.6) is 5.75 Å². The molecule has 0 aromatic heterocycles. The Morgan fingerprint density at radius 2 is 1.56 bits per heavy atom. The first kappa shape index (κ1) is 22.8. The number of anilines is 2. The molecule has 0 radical (unpaired) electrons. The van der Waals surface area contributed by atoms with Gasteiger partial charge in [0.05, 0.1) is 23.5 Å². The normalized spacial score (nSPS) is 19.6. The van der Waals surface area contributed by atoms with Crippen LogP contribution in [0, 0.1) is 0 Å². The molecule has 1 aliphatic heterocycles. The van der Waals surface area contributed by atoms with E-state index in [1.165, 1.54) is 0 Å². The standard InChI is InChI=1S/C28H26Cl2N2O2/c1-16(2)34-19-12-10-17(11-13-19)18-14-24-27(25(33)15-18)28(26-20(29)6-5-7-21(26)30)32-23-9-4-3-8-22(23)31-24/h3-13,16,18,28,31-32H,14-15H2,1-2H3. The molecule has 0 fully saturated rings. The van der Waals surface area contributed by atoms with Gasteiger partial charge in [-0.05, 0) is 68.1 Å². The topological polar surface area (TPSA) is 50.4 Å². The highest BCUT2D eigenvalue weighted by Gasteiger charge is 2.37. The summed E-state index contributed by atoms with van der Waals surface area (Å²) in [5, 5.41) is 8.16. The predicted octanol–water partition coefficient (Wildman–Crippen LogP) is 7.76. The molecule has 6 heteroatoms. The lowest BCUT2D eigenvalue weighted by Crippen LogP contribution is -2.27. The van der Waals surface area contributed by atoms with E-state index in [0.29, 0.717) is 28.5 Å². The van der Waals surface area contributed by atoms with E-state index in [4.69, 9.17) is 27.9 Å². The molecule has 0 saturated heterocycles. The Balaban J connectivity index is 1.56. The zero-order valence-electron chi connectivity index (χ0n) is 19.1. The largest absolute Gasteiger partial charge is 0.491 e. The summed E-state index contributed by atoms with van der Waals surface area (Å²) in [5.41, 5.74) is 5.27. The summed E-state index contributed by atoms with van der Waals surface area (Å²) in [6, 6.07) is 21.0. The second-order valence-electron chi connectivity index (χ2n) is 9.04. The number of Topliss-reactive ketones (excluding diaryl/α,β-unsaturated/α-hetero) is 1. The molecule has 0 saturated carbocycles. The fourth-order valence-electron chi connectivity index (χ4n) is 4.82. The van der Waals surface area contributed by atoms with Gasteiger partial charge in [0.25, 0.3) is 0 Å². The first-order valence-corrected chi connectivity index (χ1v) is 12.3. The van der Waals surface area contributed by atoms with E-state index in [1.54, 1.807) is 0 Å². The summed E-state index contributed by atoms with van der Waals surface area (Å²) in [7, 11) is 0. The molecule has 2 aliphatic rings. The quantitative estimate of drug-likeness (QED) is 0.390. The number of hydrogen-bond donors (Lipinski definition) is 2. The molecule has 4 nitrogen and oxygen atoms in total. The summed E-state index contributed by atoms with van der Waals surface area (Å²) >= 11 is 13.2. The summed E-state index contributed by atoms with van der Waals surface area (Å²) in [6.07, 6.45) is 1.24. The van der Waals surface area contributed by atoms with Crippen LogP contribution in [0.1, 0.15) is 49.8 Å². The second-order valence-corrected chi connectivity index (χ2v) is 9.85. The number of rotatable bonds is 4. The van der Waals surface area contributed by atoms with Crippen LogP contribution in [-0.2, 0) is 4.79 Å². The van der Waals surface area contributed by atoms with Crippen molar-refractivity contribution in [2.45, 2.75) is 44.8 Å². The molecule has 5 rings (SSSR count). The molecule has 0 bridgehead atoms. The maximum atomic E-state index is 13.7. The molecular formula is C28H26Cl2N2O2. The Morgan fingerprint density at radius 3 is 2.24 bits per heavy atom. The number of allylic oxidation sites excluding steroid dienone is 1. The molecule has 0 spiro atoms. The molecule has 2 unspecified atom stereocenters. The smallest absolute Gasteiger partial charge is 0.163 e. The highest BCUT2D eigenvalue weighted by atomic mass is 35.5. The average molecular weight is 493 g/mol.